The van der Waals surface area contributed by atoms with E-state index in [4.69, 9.17) is 9.73 Å². The van der Waals surface area contributed by atoms with Gasteiger partial charge in [-0.2, -0.15) is 11.8 Å². The minimum Gasteiger partial charge on any atom is -0.506 e. The number of hydrogen-bond acceptors (Lipinski definition) is 5. The van der Waals surface area contributed by atoms with Gasteiger partial charge in [0.1, 0.15) is 11.3 Å². The van der Waals surface area contributed by atoms with Crippen LogP contribution in [0.4, 0.5) is 0 Å². The maximum absolute atomic E-state index is 10.2. The van der Waals surface area contributed by atoms with E-state index < -0.39 is 0 Å². The first-order valence-electron chi connectivity index (χ1n) is 11.9. The van der Waals surface area contributed by atoms with Gasteiger partial charge in [-0.15, -0.1) is 23.8 Å². The molecule has 0 radical (unpaired) electrons. The van der Waals surface area contributed by atoms with Crippen molar-refractivity contribution in [3.05, 3.63) is 120 Å². The van der Waals surface area contributed by atoms with Crippen LogP contribution in [0.15, 0.2) is 102 Å². The molecule has 7 rings (SSSR count). The second-order valence-electron chi connectivity index (χ2n) is 9.01. The first-order chi connectivity index (χ1) is 17.7. The molecular weight excluding hydrogens is 659 g/mol. The standard InChI is InChI=1S/C31H21N2O2S.Pt/c34-26-14-6-8-19-15-16-28(32-29(19)26)35-22-10-5-9-21(17-22)31-33-30-25-13-4-3-12-24(25)23-11-2-1-7-20(23)18-27(30)36-31;/h1-16,27,30,34H,18H2;/q-1;/t27-,30-;/m0./s1. The van der Waals surface area contributed by atoms with Gasteiger partial charge in [0.25, 0.3) is 0 Å². The molecule has 0 unspecified atom stereocenters. The molecule has 6 heteroatoms. The number of benzene rings is 4. The molecule has 0 spiro atoms. The fraction of sp³-hybridized carbons (Fsp3) is 0.0968. The van der Waals surface area contributed by atoms with Gasteiger partial charge in [0.2, 0.25) is 5.88 Å². The molecule has 0 fully saturated rings. The van der Waals surface area contributed by atoms with E-state index in [0.717, 1.165) is 22.4 Å². The van der Waals surface area contributed by atoms with Gasteiger partial charge >= 0.3 is 0 Å². The number of ether oxygens (including phenoxy) is 1. The third kappa shape index (κ3) is 4.37. The molecule has 2 heterocycles. The van der Waals surface area contributed by atoms with Crippen molar-refractivity contribution in [2.45, 2.75) is 17.7 Å². The minimum atomic E-state index is 0. The smallest absolute Gasteiger partial charge is 0.217 e. The first-order valence-corrected chi connectivity index (χ1v) is 12.8. The van der Waals surface area contributed by atoms with Gasteiger partial charge in [0.05, 0.1) is 6.04 Å². The molecule has 0 saturated heterocycles. The third-order valence-corrected chi connectivity index (χ3v) is 8.04. The van der Waals surface area contributed by atoms with Crippen molar-refractivity contribution in [3.63, 3.8) is 0 Å². The van der Waals surface area contributed by atoms with Gasteiger partial charge in [-0.1, -0.05) is 66.7 Å². The van der Waals surface area contributed by atoms with E-state index in [0.29, 0.717) is 22.4 Å². The Hall–Kier alpha value is -3.40. The number of thioether (sulfide) groups is 1. The van der Waals surface area contributed by atoms with Crippen LogP contribution in [0, 0.1) is 6.07 Å². The maximum atomic E-state index is 10.2. The number of aliphatic imine (C=N–C) groups is 1. The maximum Gasteiger partial charge on any atom is 0.217 e. The average molecular weight is 681 g/mol. The number of pyridine rings is 1. The van der Waals surface area contributed by atoms with Gasteiger partial charge < -0.3 is 14.8 Å². The van der Waals surface area contributed by atoms with Crippen LogP contribution < -0.4 is 4.74 Å². The van der Waals surface area contributed by atoms with Crippen molar-refractivity contribution < 1.29 is 30.9 Å². The quantitative estimate of drug-likeness (QED) is 0.203. The largest absolute Gasteiger partial charge is 0.506 e. The van der Waals surface area contributed by atoms with Gasteiger partial charge in [0.15, 0.2) is 0 Å². The molecule has 5 aromatic rings. The van der Waals surface area contributed by atoms with Crippen LogP contribution in [0.2, 0.25) is 0 Å². The predicted octanol–water partition coefficient (Wildman–Crippen LogP) is 7.36. The number of phenolic OH excluding ortho intramolecular Hbond substituents is 1. The molecule has 4 nitrogen and oxygen atoms in total. The molecular formula is C31H21N2O2PtS-. The normalized spacial score (nSPS) is 17.6. The number of fused-ring (bicyclic) bond motifs is 6. The van der Waals surface area contributed by atoms with Crippen molar-refractivity contribution in [2.75, 3.05) is 0 Å². The SMILES string of the molecule is Oc1cccc2ccc(Oc3[c-]c(C4=N[C@H]5c6ccccc6-c6ccccc6C[C@@H]5S4)ccc3)nc12.[Pt]. The summed E-state index contributed by atoms with van der Waals surface area (Å²) in [6, 6.07) is 35.7. The third-order valence-electron chi connectivity index (χ3n) is 6.77. The molecule has 0 amide bonds. The summed E-state index contributed by atoms with van der Waals surface area (Å²) in [5.41, 5.74) is 6.67. The molecule has 1 aliphatic heterocycles. The molecule has 0 saturated carbocycles. The number of hydrogen-bond donors (Lipinski definition) is 1. The summed E-state index contributed by atoms with van der Waals surface area (Å²) in [6.07, 6.45) is 0.966. The molecule has 0 bridgehead atoms. The van der Waals surface area contributed by atoms with Crippen LogP contribution in [0.3, 0.4) is 0 Å². The summed E-state index contributed by atoms with van der Waals surface area (Å²) in [5, 5.41) is 12.3. The zero-order valence-electron chi connectivity index (χ0n) is 19.6. The van der Waals surface area contributed by atoms with Crippen LogP contribution >= 0.6 is 11.8 Å². The molecule has 4 aromatic carbocycles. The van der Waals surface area contributed by atoms with E-state index in [2.05, 4.69) is 59.6 Å². The zero-order valence-corrected chi connectivity index (χ0v) is 22.7. The molecule has 1 N–H and O–H groups in total. The first kappa shape index (κ1) is 24.0. The predicted molar refractivity (Wildman–Crippen MR) is 145 cm³/mol. The number of nitrogens with zero attached hydrogens (tertiary/aromatic N) is 2. The van der Waals surface area contributed by atoms with Crippen molar-refractivity contribution in [3.8, 4) is 28.5 Å². The van der Waals surface area contributed by atoms with Gasteiger partial charge in [-0.25, -0.2) is 4.98 Å². The molecule has 2 aliphatic rings. The van der Waals surface area contributed by atoms with E-state index >= 15 is 0 Å². The molecule has 37 heavy (non-hydrogen) atoms. The topological polar surface area (TPSA) is 54.7 Å². The summed E-state index contributed by atoms with van der Waals surface area (Å²) in [5.74, 6) is 1.11. The summed E-state index contributed by atoms with van der Waals surface area (Å²) in [7, 11) is 0. The number of para-hydroxylation sites is 1. The van der Waals surface area contributed by atoms with E-state index in [1.807, 2.05) is 42.1 Å². The summed E-state index contributed by atoms with van der Waals surface area (Å²) < 4.78 is 6.04. The van der Waals surface area contributed by atoms with Gasteiger partial charge in [-0.3, -0.25) is 0 Å². The van der Waals surface area contributed by atoms with E-state index in [1.165, 1.54) is 22.3 Å². The van der Waals surface area contributed by atoms with Crippen LogP contribution in [-0.4, -0.2) is 20.4 Å². The monoisotopic (exact) mass is 680 g/mol. The van der Waals surface area contributed by atoms with Crippen molar-refractivity contribution >= 4 is 27.7 Å². The minimum absolute atomic E-state index is 0. The molecule has 1 aliphatic carbocycles. The number of phenols is 1. The Morgan fingerprint density at radius 2 is 1.65 bits per heavy atom. The Morgan fingerprint density at radius 1 is 0.838 bits per heavy atom. The Kier molecular flexibility index (Phi) is 6.35. The van der Waals surface area contributed by atoms with Crippen molar-refractivity contribution in [1.82, 2.24) is 4.98 Å². The molecule has 184 valence electrons. The fourth-order valence-electron chi connectivity index (χ4n) is 5.10. The van der Waals surface area contributed by atoms with Crippen LogP contribution in [0.25, 0.3) is 22.0 Å². The van der Waals surface area contributed by atoms with Gasteiger partial charge in [-0.05, 0) is 40.8 Å². The number of rotatable bonds is 3. The zero-order chi connectivity index (χ0) is 24.1. The van der Waals surface area contributed by atoms with Crippen LogP contribution in [0.5, 0.6) is 17.4 Å². The molecule has 1 aromatic heterocycles. The van der Waals surface area contributed by atoms with Crippen LogP contribution in [-0.2, 0) is 27.5 Å². The van der Waals surface area contributed by atoms with E-state index in [1.54, 1.807) is 18.2 Å². The van der Waals surface area contributed by atoms with Crippen molar-refractivity contribution in [1.29, 1.82) is 0 Å². The second kappa shape index (κ2) is 9.81. The Bertz CT molecular complexity index is 1670. The summed E-state index contributed by atoms with van der Waals surface area (Å²) in [6.45, 7) is 0. The second-order valence-corrected chi connectivity index (χ2v) is 10.2. The number of aromatic hydroxyl groups is 1. The Morgan fingerprint density at radius 3 is 2.57 bits per heavy atom. The van der Waals surface area contributed by atoms with E-state index in [9.17, 15) is 5.11 Å². The average Bonchev–Trinajstić information content (AvgIpc) is 3.28. The van der Waals surface area contributed by atoms with Gasteiger partial charge in [0, 0.05) is 48.6 Å². The molecule has 2 atom stereocenters. The van der Waals surface area contributed by atoms with Crippen molar-refractivity contribution in [2.24, 2.45) is 4.99 Å². The Balaban J connectivity index is 0.00000252. The fourth-order valence-corrected chi connectivity index (χ4v) is 6.40. The summed E-state index contributed by atoms with van der Waals surface area (Å²) >= 11 is 1.82. The number of aromatic nitrogens is 1. The summed E-state index contributed by atoms with van der Waals surface area (Å²) in [4.78, 5) is 9.69. The Labute approximate surface area is 233 Å². The van der Waals surface area contributed by atoms with E-state index in [-0.39, 0.29) is 32.9 Å². The van der Waals surface area contributed by atoms with Crippen LogP contribution in [0.1, 0.15) is 22.7 Å².